The maximum atomic E-state index is 11.7. The third kappa shape index (κ3) is 6.85. The van der Waals surface area contributed by atoms with E-state index in [4.69, 9.17) is 14.2 Å². The van der Waals surface area contributed by atoms with Crippen molar-refractivity contribution in [2.45, 2.75) is 6.54 Å². The molecule has 0 aromatic heterocycles. The van der Waals surface area contributed by atoms with Gasteiger partial charge in [0, 0.05) is 13.7 Å². The lowest BCUT2D eigenvalue weighted by molar-refractivity contribution is 0.0784. The maximum absolute atomic E-state index is 11.7. The molecule has 1 aromatic rings. The summed E-state index contributed by atoms with van der Waals surface area (Å²) in [5.74, 6) is 0.676. The van der Waals surface area contributed by atoms with Crippen LogP contribution < -0.4 is 9.46 Å². The normalized spacial score (nSPS) is 11.5. The predicted octanol–water partition coefficient (Wildman–Crippen LogP) is 0.778. The van der Waals surface area contributed by atoms with Crippen LogP contribution in [0.1, 0.15) is 5.56 Å². The molecule has 0 amide bonds. The molecule has 1 rings (SSSR count). The summed E-state index contributed by atoms with van der Waals surface area (Å²) in [6.07, 6.45) is 0. The number of ether oxygens (including phenoxy) is 3. The molecule has 20 heavy (non-hydrogen) atoms. The fourth-order valence-corrected chi connectivity index (χ4v) is 2.29. The molecule has 0 radical (unpaired) electrons. The monoisotopic (exact) mass is 303 g/mol. The van der Waals surface area contributed by atoms with Gasteiger partial charge < -0.3 is 14.2 Å². The van der Waals surface area contributed by atoms with Crippen molar-refractivity contribution < 1.29 is 22.6 Å². The highest BCUT2D eigenvalue weighted by Crippen LogP contribution is 2.11. The lowest BCUT2D eigenvalue weighted by atomic mass is 10.2. The van der Waals surface area contributed by atoms with Gasteiger partial charge in [-0.05, 0) is 17.7 Å². The molecular formula is C13H21NO5S. The second-order valence-electron chi connectivity index (χ2n) is 4.09. The van der Waals surface area contributed by atoms with Gasteiger partial charge in [-0.25, -0.2) is 13.1 Å². The van der Waals surface area contributed by atoms with E-state index in [9.17, 15) is 8.42 Å². The number of hydrogen-bond donors (Lipinski definition) is 1. The van der Waals surface area contributed by atoms with Gasteiger partial charge in [0.25, 0.3) is 0 Å². The molecule has 1 aromatic carbocycles. The van der Waals surface area contributed by atoms with Gasteiger partial charge in [0.1, 0.15) is 5.75 Å². The van der Waals surface area contributed by atoms with Crippen LogP contribution in [-0.4, -0.2) is 48.2 Å². The van der Waals surface area contributed by atoms with Crippen molar-refractivity contribution in [2.75, 3.05) is 39.8 Å². The van der Waals surface area contributed by atoms with Gasteiger partial charge >= 0.3 is 0 Å². The number of hydrogen-bond acceptors (Lipinski definition) is 5. The highest BCUT2D eigenvalue weighted by atomic mass is 32.2. The fourth-order valence-electron chi connectivity index (χ4n) is 1.42. The minimum absolute atomic E-state index is 0.0626. The van der Waals surface area contributed by atoms with Crippen LogP contribution in [0.15, 0.2) is 24.3 Å². The van der Waals surface area contributed by atoms with Crippen LogP contribution in [0.4, 0.5) is 0 Å². The summed E-state index contributed by atoms with van der Waals surface area (Å²) < 4.78 is 40.9. The van der Waals surface area contributed by atoms with Gasteiger partial charge in [0.05, 0.1) is 32.7 Å². The molecule has 0 saturated heterocycles. The summed E-state index contributed by atoms with van der Waals surface area (Å²) in [4.78, 5) is 0. The number of rotatable bonds is 10. The Bertz CT molecular complexity index is 472. The molecule has 7 heteroatoms. The molecule has 0 atom stereocenters. The Kier molecular flexibility index (Phi) is 7.53. The molecule has 0 bridgehead atoms. The number of methoxy groups -OCH3 is 2. The summed E-state index contributed by atoms with van der Waals surface area (Å²) in [7, 11) is -0.179. The maximum Gasteiger partial charge on any atom is 0.214 e. The van der Waals surface area contributed by atoms with Crippen LogP contribution in [0.5, 0.6) is 5.75 Å². The molecule has 0 spiro atoms. The minimum atomic E-state index is -3.33. The Morgan fingerprint density at radius 2 is 1.75 bits per heavy atom. The van der Waals surface area contributed by atoms with Crippen molar-refractivity contribution >= 4 is 10.0 Å². The number of nitrogens with one attached hydrogen (secondary N) is 1. The molecule has 0 fully saturated rings. The lowest BCUT2D eigenvalue weighted by Crippen LogP contribution is -2.28. The fraction of sp³-hybridized carbons (Fsp3) is 0.538. The summed E-state index contributed by atoms with van der Waals surface area (Å²) in [6, 6.07) is 7.21. The first-order valence-electron chi connectivity index (χ1n) is 6.24. The SMILES string of the molecule is COCCOCCS(=O)(=O)NCc1ccc(OC)cc1. The van der Waals surface area contributed by atoms with E-state index in [0.29, 0.717) is 13.2 Å². The molecule has 0 saturated carbocycles. The highest BCUT2D eigenvalue weighted by molar-refractivity contribution is 7.89. The van der Waals surface area contributed by atoms with Crippen LogP contribution in [0.25, 0.3) is 0 Å². The third-order valence-electron chi connectivity index (χ3n) is 2.58. The summed E-state index contributed by atoms with van der Waals surface area (Å²) in [6.45, 7) is 1.26. The molecule has 0 unspecified atom stereocenters. The molecular weight excluding hydrogens is 282 g/mol. The molecule has 0 aliphatic carbocycles. The second-order valence-corrected chi connectivity index (χ2v) is 6.02. The minimum Gasteiger partial charge on any atom is -0.497 e. The standard InChI is InChI=1S/C13H21NO5S/c1-17-7-8-19-9-10-20(15,16)14-11-12-3-5-13(18-2)6-4-12/h3-6,14H,7-11H2,1-2H3. The van der Waals surface area contributed by atoms with E-state index >= 15 is 0 Å². The quantitative estimate of drug-likeness (QED) is 0.647. The zero-order chi connectivity index (χ0) is 14.8. The highest BCUT2D eigenvalue weighted by Gasteiger charge is 2.09. The van der Waals surface area contributed by atoms with Crippen molar-refractivity contribution in [1.82, 2.24) is 4.72 Å². The Hall–Kier alpha value is -1.15. The van der Waals surface area contributed by atoms with E-state index in [-0.39, 0.29) is 18.9 Å². The van der Waals surface area contributed by atoms with E-state index in [1.807, 2.05) is 12.1 Å². The van der Waals surface area contributed by atoms with Gasteiger partial charge in [-0.3, -0.25) is 0 Å². The van der Waals surface area contributed by atoms with E-state index in [0.717, 1.165) is 11.3 Å². The van der Waals surface area contributed by atoms with E-state index in [2.05, 4.69) is 4.72 Å². The van der Waals surface area contributed by atoms with E-state index in [1.165, 1.54) is 0 Å². The molecule has 0 aliphatic heterocycles. The van der Waals surface area contributed by atoms with Crippen molar-refractivity contribution in [3.63, 3.8) is 0 Å². The average molecular weight is 303 g/mol. The third-order valence-corrected chi connectivity index (χ3v) is 3.87. The van der Waals surface area contributed by atoms with Crippen LogP contribution in [-0.2, 0) is 26.0 Å². The van der Waals surface area contributed by atoms with Crippen molar-refractivity contribution in [2.24, 2.45) is 0 Å². The predicted molar refractivity (Wildman–Crippen MR) is 76.3 cm³/mol. The first-order chi connectivity index (χ1) is 9.57. The Morgan fingerprint density at radius 3 is 2.35 bits per heavy atom. The van der Waals surface area contributed by atoms with Crippen molar-refractivity contribution in [1.29, 1.82) is 0 Å². The van der Waals surface area contributed by atoms with Crippen molar-refractivity contribution in [3.05, 3.63) is 29.8 Å². The Morgan fingerprint density at radius 1 is 1.05 bits per heavy atom. The summed E-state index contributed by atoms with van der Waals surface area (Å²) in [5.41, 5.74) is 0.870. The molecule has 0 aliphatic rings. The summed E-state index contributed by atoms with van der Waals surface area (Å²) in [5, 5.41) is 0. The largest absolute Gasteiger partial charge is 0.497 e. The number of benzene rings is 1. The van der Waals surface area contributed by atoms with Gasteiger partial charge in [-0.15, -0.1) is 0 Å². The zero-order valence-corrected chi connectivity index (χ0v) is 12.6. The van der Waals surface area contributed by atoms with Gasteiger partial charge in [0.15, 0.2) is 0 Å². The molecule has 0 heterocycles. The smallest absolute Gasteiger partial charge is 0.214 e. The van der Waals surface area contributed by atoms with Crippen LogP contribution >= 0.6 is 0 Å². The topological polar surface area (TPSA) is 73.9 Å². The first kappa shape index (κ1) is 16.9. The van der Waals surface area contributed by atoms with E-state index in [1.54, 1.807) is 26.4 Å². The molecule has 1 N–H and O–H groups in total. The van der Waals surface area contributed by atoms with Gasteiger partial charge in [-0.2, -0.15) is 0 Å². The van der Waals surface area contributed by atoms with Crippen LogP contribution in [0.2, 0.25) is 0 Å². The Labute approximate surface area is 120 Å². The number of sulfonamides is 1. The van der Waals surface area contributed by atoms with Crippen LogP contribution in [0, 0.1) is 0 Å². The molecule has 114 valence electrons. The second kappa shape index (κ2) is 8.91. The average Bonchev–Trinajstić information content (AvgIpc) is 2.45. The Balaban J connectivity index is 2.31. The zero-order valence-electron chi connectivity index (χ0n) is 11.8. The summed E-state index contributed by atoms with van der Waals surface area (Å²) >= 11 is 0. The van der Waals surface area contributed by atoms with E-state index < -0.39 is 10.0 Å². The van der Waals surface area contributed by atoms with Gasteiger partial charge in [-0.1, -0.05) is 12.1 Å². The molecule has 6 nitrogen and oxygen atoms in total. The van der Waals surface area contributed by atoms with Crippen molar-refractivity contribution in [3.8, 4) is 5.75 Å². The lowest BCUT2D eigenvalue weighted by Gasteiger charge is -2.08. The first-order valence-corrected chi connectivity index (χ1v) is 7.89. The van der Waals surface area contributed by atoms with Gasteiger partial charge in [0.2, 0.25) is 10.0 Å². The van der Waals surface area contributed by atoms with Crippen LogP contribution in [0.3, 0.4) is 0 Å².